The number of aromatic amines is 1. The van der Waals surface area contributed by atoms with Gasteiger partial charge in [-0.2, -0.15) is 0 Å². The number of pyridine rings is 1. The molecule has 0 saturated carbocycles. The molecule has 1 aromatic carbocycles. The molecule has 2 aromatic rings. The predicted molar refractivity (Wildman–Crippen MR) is 104 cm³/mol. The van der Waals surface area contributed by atoms with Gasteiger partial charge in [0.05, 0.1) is 5.52 Å². The SMILES string of the molecule is CC1CCN(C(=O)C2CCCN2C(=O)c2cc3ccc(F)cc3[nH]c2=O)CC1. The van der Waals surface area contributed by atoms with Gasteiger partial charge in [0.2, 0.25) is 5.91 Å². The Labute approximate surface area is 162 Å². The molecule has 1 aromatic heterocycles. The van der Waals surface area contributed by atoms with Crippen molar-refractivity contribution >= 4 is 22.7 Å². The first kappa shape index (κ1) is 18.7. The molecule has 0 radical (unpaired) electrons. The van der Waals surface area contributed by atoms with Gasteiger partial charge in [0.1, 0.15) is 17.4 Å². The van der Waals surface area contributed by atoms with Crippen molar-refractivity contribution in [2.75, 3.05) is 19.6 Å². The van der Waals surface area contributed by atoms with Crippen molar-refractivity contribution in [2.24, 2.45) is 5.92 Å². The summed E-state index contributed by atoms with van der Waals surface area (Å²) in [5.41, 5.74) is -0.225. The average Bonchev–Trinajstić information content (AvgIpc) is 3.16. The van der Waals surface area contributed by atoms with E-state index in [0.29, 0.717) is 29.8 Å². The van der Waals surface area contributed by atoms with E-state index in [1.165, 1.54) is 29.2 Å². The van der Waals surface area contributed by atoms with Crippen LogP contribution in [0.2, 0.25) is 0 Å². The van der Waals surface area contributed by atoms with E-state index in [4.69, 9.17) is 0 Å². The van der Waals surface area contributed by atoms with Crippen LogP contribution in [-0.4, -0.2) is 52.3 Å². The Balaban J connectivity index is 1.59. The minimum absolute atomic E-state index is 0.00826. The first-order valence-electron chi connectivity index (χ1n) is 9.86. The zero-order valence-corrected chi connectivity index (χ0v) is 15.9. The Morgan fingerprint density at radius 2 is 1.86 bits per heavy atom. The van der Waals surface area contributed by atoms with Gasteiger partial charge in [-0.15, -0.1) is 0 Å². The molecule has 3 heterocycles. The van der Waals surface area contributed by atoms with Gasteiger partial charge in [0.15, 0.2) is 0 Å². The Bertz CT molecular complexity index is 979. The van der Waals surface area contributed by atoms with E-state index >= 15 is 0 Å². The summed E-state index contributed by atoms with van der Waals surface area (Å²) in [6.45, 7) is 4.09. The molecule has 7 heteroatoms. The Kier molecular flexibility index (Phi) is 4.91. The number of carbonyl (C=O) groups excluding carboxylic acids is 2. The number of carbonyl (C=O) groups is 2. The van der Waals surface area contributed by atoms with Gasteiger partial charge in [-0.1, -0.05) is 6.92 Å². The minimum atomic E-state index is -0.562. The number of rotatable bonds is 2. The first-order valence-corrected chi connectivity index (χ1v) is 9.86. The number of H-pyrrole nitrogens is 1. The zero-order valence-electron chi connectivity index (χ0n) is 15.9. The molecule has 148 valence electrons. The molecule has 2 amide bonds. The van der Waals surface area contributed by atoms with Crippen molar-refractivity contribution < 1.29 is 14.0 Å². The van der Waals surface area contributed by atoms with Gasteiger partial charge in [0.25, 0.3) is 11.5 Å². The Morgan fingerprint density at radius 3 is 2.61 bits per heavy atom. The molecule has 2 fully saturated rings. The van der Waals surface area contributed by atoms with E-state index in [2.05, 4.69) is 11.9 Å². The van der Waals surface area contributed by atoms with Gasteiger partial charge in [-0.05, 0) is 61.3 Å². The maximum Gasteiger partial charge on any atom is 0.261 e. The number of nitrogens with zero attached hydrogens (tertiary/aromatic N) is 2. The van der Waals surface area contributed by atoms with Crippen LogP contribution < -0.4 is 5.56 Å². The number of fused-ring (bicyclic) bond motifs is 1. The van der Waals surface area contributed by atoms with E-state index < -0.39 is 23.3 Å². The number of likely N-dealkylation sites (tertiary alicyclic amines) is 2. The molecule has 6 nitrogen and oxygen atoms in total. The zero-order chi connectivity index (χ0) is 19.8. The number of hydrogen-bond donors (Lipinski definition) is 1. The molecular formula is C21H24FN3O3. The van der Waals surface area contributed by atoms with Crippen molar-refractivity contribution in [2.45, 2.75) is 38.6 Å². The summed E-state index contributed by atoms with van der Waals surface area (Å²) in [7, 11) is 0. The fraction of sp³-hybridized carbons (Fsp3) is 0.476. The maximum absolute atomic E-state index is 13.4. The Morgan fingerprint density at radius 1 is 1.11 bits per heavy atom. The summed E-state index contributed by atoms with van der Waals surface area (Å²) in [6, 6.07) is 5.01. The van der Waals surface area contributed by atoms with Crippen LogP contribution in [0.1, 0.15) is 43.0 Å². The molecule has 0 bridgehead atoms. The molecule has 0 aliphatic carbocycles. The van der Waals surface area contributed by atoms with E-state index in [9.17, 15) is 18.8 Å². The number of piperidine rings is 1. The number of nitrogens with one attached hydrogen (secondary N) is 1. The topological polar surface area (TPSA) is 73.5 Å². The van der Waals surface area contributed by atoms with Gasteiger partial charge in [0, 0.05) is 19.6 Å². The second-order valence-electron chi connectivity index (χ2n) is 7.91. The predicted octanol–water partition coefficient (Wildman–Crippen LogP) is 2.53. The minimum Gasteiger partial charge on any atom is -0.341 e. The third kappa shape index (κ3) is 3.41. The van der Waals surface area contributed by atoms with Gasteiger partial charge in [-0.25, -0.2) is 4.39 Å². The van der Waals surface area contributed by atoms with E-state index in [0.717, 1.165) is 32.4 Å². The summed E-state index contributed by atoms with van der Waals surface area (Å²) < 4.78 is 13.4. The van der Waals surface area contributed by atoms with Crippen LogP contribution >= 0.6 is 0 Å². The van der Waals surface area contributed by atoms with Crippen LogP contribution in [0, 0.1) is 11.7 Å². The quantitative estimate of drug-likeness (QED) is 0.863. The monoisotopic (exact) mass is 385 g/mol. The first-order chi connectivity index (χ1) is 13.4. The van der Waals surface area contributed by atoms with Crippen LogP contribution in [0.5, 0.6) is 0 Å². The lowest BCUT2D eigenvalue weighted by molar-refractivity contribution is -0.136. The lowest BCUT2D eigenvalue weighted by Crippen LogP contribution is -2.50. The van der Waals surface area contributed by atoms with Crippen molar-refractivity contribution in [3.05, 3.63) is 46.0 Å². The molecule has 2 aliphatic heterocycles. The van der Waals surface area contributed by atoms with Gasteiger partial charge < -0.3 is 14.8 Å². The maximum atomic E-state index is 13.4. The van der Waals surface area contributed by atoms with Crippen LogP contribution in [0.4, 0.5) is 4.39 Å². The fourth-order valence-corrected chi connectivity index (χ4v) is 4.19. The highest BCUT2D eigenvalue weighted by molar-refractivity contribution is 6.00. The van der Waals surface area contributed by atoms with Crippen LogP contribution in [0.3, 0.4) is 0 Å². The average molecular weight is 385 g/mol. The molecule has 1 atom stereocenters. The second-order valence-corrected chi connectivity index (χ2v) is 7.91. The number of amides is 2. The third-order valence-corrected chi connectivity index (χ3v) is 5.93. The highest BCUT2D eigenvalue weighted by Crippen LogP contribution is 2.25. The molecule has 4 rings (SSSR count). The number of hydrogen-bond acceptors (Lipinski definition) is 3. The van der Waals surface area contributed by atoms with Crippen molar-refractivity contribution in [1.82, 2.24) is 14.8 Å². The number of halogens is 1. The molecule has 28 heavy (non-hydrogen) atoms. The van der Waals surface area contributed by atoms with Crippen molar-refractivity contribution in [3.63, 3.8) is 0 Å². The summed E-state index contributed by atoms with van der Waals surface area (Å²) >= 11 is 0. The second kappa shape index (κ2) is 7.37. The number of benzene rings is 1. The van der Waals surface area contributed by atoms with Gasteiger partial charge in [-0.3, -0.25) is 14.4 Å². The number of aromatic nitrogens is 1. The lowest BCUT2D eigenvalue weighted by atomic mass is 9.98. The molecule has 2 saturated heterocycles. The third-order valence-electron chi connectivity index (χ3n) is 5.93. The molecule has 2 aliphatic rings. The van der Waals surface area contributed by atoms with Crippen LogP contribution in [0.15, 0.2) is 29.1 Å². The molecule has 0 spiro atoms. The highest BCUT2D eigenvalue weighted by Gasteiger charge is 2.38. The van der Waals surface area contributed by atoms with E-state index in [1.54, 1.807) is 0 Å². The smallest absolute Gasteiger partial charge is 0.261 e. The Hall–Kier alpha value is -2.70. The fourth-order valence-electron chi connectivity index (χ4n) is 4.19. The normalized spacial score (nSPS) is 20.7. The highest BCUT2D eigenvalue weighted by atomic mass is 19.1. The van der Waals surface area contributed by atoms with Gasteiger partial charge >= 0.3 is 0 Å². The molecule has 1 N–H and O–H groups in total. The van der Waals surface area contributed by atoms with Crippen molar-refractivity contribution in [1.29, 1.82) is 0 Å². The van der Waals surface area contributed by atoms with E-state index in [-0.39, 0.29) is 11.5 Å². The summed E-state index contributed by atoms with van der Waals surface area (Å²) in [5, 5.41) is 0.580. The lowest BCUT2D eigenvalue weighted by Gasteiger charge is -2.34. The largest absolute Gasteiger partial charge is 0.341 e. The standard InChI is InChI=1S/C21H24FN3O3/c1-13-6-9-24(10-7-13)21(28)18-3-2-8-25(18)20(27)16-11-14-4-5-15(22)12-17(14)23-19(16)26/h4-5,11-13,18H,2-3,6-10H2,1H3,(H,23,26). The summed E-state index contributed by atoms with van der Waals surface area (Å²) in [4.78, 5) is 44.5. The van der Waals surface area contributed by atoms with Crippen LogP contribution in [0.25, 0.3) is 10.9 Å². The van der Waals surface area contributed by atoms with Crippen molar-refractivity contribution in [3.8, 4) is 0 Å². The molecular weight excluding hydrogens is 361 g/mol. The van der Waals surface area contributed by atoms with Crippen LogP contribution in [-0.2, 0) is 4.79 Å². The molecule has 1 unspecified atom stereocenters. The van der Waals surface area contributed by atoms with E-state index in [1.807, 2.05) is 4.90 Å². The summed E-state index contributed by atoms with van der Waals surface area (Å²) in [6.07, 6.45) is 3.32. The summed E-state index contributed by atoms with van der Waals surface area (Å²) in [5.74, 6) is -0.291.